The van der Waals surface area contributed by atoms with Crippen LogP contribution in [0.1, 0.15) is 26.7 Å². The number of nitrogens with zero attached hydrogens (tertiary/aromatic N) is 2. The predicted molar refractivity (Wildman–Crippen MR) is 84.4 cm³/mol. The van der Waals surface area contributed by atoms with E-state index in [9.17, 15) is 9.59 Å². The second kappa shape index (κ2) is 6.93. The molecule has 0 fully saturated rings. The lowest BCUT2D eigenvalue weighted by Gasteiger charge is -2.29. The number of anilines is 1. The van der Waals surface area contributed by atoms with Crippen molar-refractivity contribution in [1.29, 1.82) is 0 Å². The van der Waals surface area contributed by atoms with Crippen molar-refractivity contribution in [3.05, 3.63) is 18.3 Å². The number of hydrogen-bond acceptors (Lipinski definition) is 4. The smallest absolute Gasteiger partial charge is 0.240 e. The summed E-state index contributed by atoms with van der Waals surface area (Å²) in [4.78, 5) is 30.1. The van der Waals surface area contributed by atoms with E-state index in [0.717, 1.165) is 17.1 Å². The van der Waals surface area contributed by atoms with Crippen molar-refractivity contribution in [3.8, 4) is 0 Å². The van der Waals surface area contributed by atoms with Crippen molar-refractivity contribution >= 4 is 29.3 Å². The van der Waals surface area contributed by atoms with Crippen LogP contribution in [0.25, 0.3) is 0 Å². The normalized spacial score (nSPS) is 17.8. The standard InChI is InChI=1S/C15H21N3O2S/c1-10(2)6-8-16-13(19)9-12-15(20)18(3)11-5-4-7-17-14(11)21-12/h4-5,7,10,12H,6,8-9H2,1-3H3,(H,16,19). The first-order chi connectivity index (χ1) is 9.99. The minimum Gasteiger partial charge on any atom is -0.356 e. The Morgan fingerprint density at radius 2 is 2.29 bits per heavy atom. The molecule has 2 heterocycles. The molecule has 1 aromatic heterocycles. The molecule has 1 aliphatic rings. The van der Waals surface area contributed by atoms with Crippen molar-refractivity contribution in [3.63, 3.8) is 0 Å². The van der Waals surface area contributed by atoms with Gasteiger partial charge in [0.1, 0.15) is 5.03 Å². The van der Waals surface area contributed by atoms with Crippen molar-refractivity contribution < 1.29 is 9.59 Å². The van der Waals surface area contributed by atoms with E-state index in [4.69, 9.17) is 0 Å². The monoisotopic (exact) mass is 307 g/mol. The quantitative estimate of drug-likeness (QED) is 0.904. The maximum Gasteiger partial charge on any atom is 0.240 e. The van der Waals surface area contributed by atoms with Crippen LogP contribution in [0.2, 0.25) is 0 Å². The minimum atomic E-state index is -0.392. The molecule has 21 heavy (non-hydrogen) atoms. The summed E-state index contributed by atoms with van der Waals surface area (Å²) >= 11 is 1.37. The van der Waals surface area contributed by atoms with Gasteiger partial charge in [0.05, 0.1) is 10.9 Å². The van der Waals surface area contributed by atoms with E-state index in [1.54, 1.807) is 18.1 Å². The fourth-order valence-corrected chi connectivity index (χ4v) is 3.33. The van der Waals surface area contributed by atoms with Gasteiger partial charge >= 0.3 is 0 Å². The number of carbonyl (C=O) groups excluding carboxylic acids is 2. The number of fused-ring (bicyclic) bond motifs is 1. The lowest BCUT2D eigenvalue weighted by Crippen LogP contribution is -2.41. The SMILES string of the molecule is CC(C)CCNC(=O)CC1Sc2ncccc2N(C)C1=O. The Bertz CT molecular complexity index is 533. The van der Waals surface area contributed by atoms with Gasteiger partial charge in [-0.15, -0.1) is 0 Å². The molecule has 1 aliphatic heterocycles. The Morgan fingerprint density at radius 1 is 1.52 bits per heavy atom. The molecule has 1 aromatic rings. The molecule has 114 valence electrons. The summed E-state index contributed by atoms with van der Waals surface area (Å²) in [5, 5.41) is 3.29. The molecule has 1 unspecified atom stereocenters. The van der Waals surface area contributed by atoms with E-state index in [1.165, 1.54) is 11.8 Å². The largest absolute Gasteiger partial charge is 0.356 e. The molecule has 0 spiro atoms. The fraction of sp³-hybridized carbons (Fsp3) is 0.533. The Morgan fingerprint density at radius 3 is 3.00 bits per heavy atom. The van der Waals surface area contributed by atoms with Gasteiger partial charge in [-0.3, -0.25) is 9.59 Å². The average molecular weight is 307 g/mol. The number of hydrogen-bond donors (Lipinski definition) is 1. The van der Waals surface area contributed by atoms with Crippen LogP contribution in [0.4, 0.5) is 5.69 Å². The molecule has 0 saturated carbocycles. The lowest BCUT2D eigenvalue weighted by atomic mass is 10.1. The summed E-state index contributed by atoms with van der Waals surface area (Å²) in [5.74, 6) is 0.437. The van der Waals surface area contributed by atoms with Crippen LogP contribution in [0.15, 0.2) is 23.4 Å². The molecule has 6 heteroatoms. The average Bonchev–Trinajstić information content (AvgIpc) is 2.44. The van der Waals surface area contributed by atoms with Crippen LogP contribution in [0.5, 0.6) is 0 Å². The van der Waals surface area contributed by atoms with Gasteiger partial charge in [0.25, 0.3) is 0 Å². The molecule has 2 rings (SSSR count). The zero-order valence-corrected chi connectivity index (χ0v) is 13.4. The Hall–Kier alpha value is -1.56. The van der Waals surface area contributed by atoms with E-state index in [1.807, 2.05) is 12.1 Å². The lowest BCUT2D eigenvalue weighted by molar-refractivity contribution is -0.124. The first-order valence-corrected chi connectivity index (χ1v) is 8.03. The van der Waals surface area contributed by atoms with Gasteiger partial charge in [-0.25, -0.2) is 4.98 Å². The molecule has 2 amide bonds. The number of amides is 2. The van der Waals surface area contributed by atoms with Gasteiger partial charge in [-0.05, 0) is 24.5 Å². The predicted octanol–water partition coefficient (Wildman–Crippen LogP) is 2.07. The highest BCUT2D eigenvalue weighted by Crippen LogP contribution is 2.37. The minimum absolute atomic E-state index is 0.0421. The molecule has 1 atom stereocenters. The van der Waals surface area contributed by atoms with Gasteiger partial charge in [0, 0.05) is 26.2 Å². The highest BCUT2D eigenvalue weighted by molar-refractivity contribution is 8.00. The number of carbonyl (C=O) groups is 2. The van der Waals surface area contributed by atoms with E-state index in [0.29, 0.717) is 12.5 Å². The summed E-state index contributed by atoms with van der Waals surface area (Å²) in [6.45, 7) is 4.89. The van der Waals surface area contributed by atoms with Crippen LogP contribution >= 0.6 is 11.8 Å². The highest BCUT2D eigenvalue weighted by atomic mass is 32.2. The van der Waals surface area contributed by atoms with E-state index >= 15 is 0 Å². The van der Waals surface area contributed by atoms with Crippen LogP contribution in [0, 0.1) is 5.92 Å². The molecular formula is C15H21N3O2S. The third kappa shape index (κ3) is 3.97. The van der Waals surface area contributed by atoms with Crippen molar-refractivity contribution in [2.45, 2.75) is 37.0 Å². The van der Waals surface area contributed by atoms with E-state index < -0.39 is 5.25 Å². The number of thioether (sulfide) groups is 1. The fourth-order valence-electron chi connectivity index (χ4n) is 2.12. The molecule has 1 N–H and O–H groups in total. The molecule has 0 radical (unpaired) electrons. The Balaban J connectivity index is 1.96. The van der Waals surface area contributed by atoms with Gasteiger partial charge in [-0.2, -0.15) is 0 Å². The maximum atomic E-state index is 12.3. The van der Waals surface area contributed by atoms with Gasteiger partial charge in [0.15, 0.2) is 0 Å². The molecule has 0 aromatic carbocycles. The summed E-state index contributed by atoms with van der Waals surface area (Å²) in [7, 11) is 1.73. The number of pyridine rings is 1. The zero-order chi connectivity index (χ0) is 15.4. The summed E-state index contributed by atoms with van der Waals surface area (Å²) in [6.07, 6.45) is 2.85. The van der Waals surface area contributed by atoms with Crippen molar-refractivity contribution in [2.75, 3.05) is 18.5 Å². The third-order valence-corrected chi connectivity index (χ3v) is 4.58. The topological polar surface area (TPSA) is 62.3 Å². The molecule has 0 aliphatic carbocycles. The van der Waals surface area contributed by atoms with Gasteiger partial charge in [0.2, 0.25) is 11.8 Å². The molecule has 0 bridgehead atoms. The van der Waals surface area contributed by atoms with E-state index in [2.05, 4.69) is 24.1 Å². The number of rotatable bonds is 5. The number of aromatic nitrogens is 1. The van der Waals surface area contributed by atoms with Crippen LogP contribution in [-0.2, 0) is 9.59 Å². The first kappa shape index (κ1) is 15.8. The van der Waals surface area contributed by atoms with Gasteiger partial charge < -0.3 is 10.2 Å². The van der Waals surface area contributed by atoms with Crippen molar-refractivity contribution in [1.82, 2.24) is 10.3 Å². The second-order valence-corrected chi connectivity index (χ2v) is 6.76. The van der Waals surface area contributed by atoms with Crippen molar-refractivity contribution in [2.24, 2.45) is 5.92 Å². The van der Waals surface area contributed by atoms with Crippen LogP contribution in [-0.4, -0.2) is 35.6 Å². The summed E-state index contributed by atoms with van der Waals surface area (Å²) in [6, 6.07) is 3.67. The summed E-state index contributed by atoms with van der Waals surface area (Å²) < 4.78 is 0. The number of nitrogens with one attached hydrogen (secondary N) is 1. The van der Waals surface area contributed by atoms with E-state index in [-0.39, 0.29) is 18.2 Å². The zero-order valence-electron chi connectivity index (χ0n) is 12.6. The maximum absolute atomic E-state index is 12.3. The molecule has 0 saturated heterocycles. The second-order valence-electron chi connectivity index (χ2n) is 5.57. The Labute approximate surface area is 129 Å². The first-order valence-electron chi connectivity index (χ1n) is 7.15. The van der Waals surface area contributed by atoms with Gasteiger partial charge in [-0.1, -0.05) is 25.6 Å². The van der Waals surface area contributed by atoms with Crippen LogP contribution in [0.3, 0.4) is 0 Å². The Kier molecular flexibility index (Phi) is 5.22. The molecular weight excluding hydrogens is 286 g/mol. The molecule has 5 nitrogen and oxygen atoms in total. The van der Waals surface area contributed by atoms with Crippen LogP contribution < -0.4 is 10.2 Å². The summed E-state index contributed by atoms with van der Waals surface area (Å²) in [5.41, 5.74) is 0.809. The third-order valence-electron chi connectivity index (χ3n) is 3.39. The highest BCUT2D eigenvalue weighted by Gasteiger charge is 2.33.